The summed E-state index contributed by atoms with van der Waals surface area (Å²) in [5.74, 6) is 0.527. The zero-order chi connectivity index (χ0) is 13.1. The second kappa shape index (κ2) is 12.3. The summed E-state index contributed by atoms with van der Waals surface area (Å²) < 4.78 is 4.90. The van der Waals surface area contributed by atoms with Crippen molar-refractivity contribution in [1.29, 1.82) is 0 Å². The summed E-state index contributed by atoms with van der Waals surface area (Å²) in [6.45, 7) is 2.92. The molecule has 1 rings (SSSR count). The topological polar surface area (TPSA) is 50.4 Å². The minimum atomic E-state index is 0. The van der Waals surface area contributed by atoms with Gasteiger partial charge in [0.15, 0.2) is 0 Å². The second-order valence-electron chi connectivity index (χ2n) is 3.69. The Labute approximate surface area is 125 Å². The van der Waals surface area contributed by atoms with Crippen molar-refractivity contribution in [2.75, 3.05) is 39.1 Å². The Balaban J connectivity index is 0.00000324. The fourth-order valence-electron chi connectivity index (χ4n) is 1.31. The van der Waals surface area contributed by atoms with E-state index in [2.05, 4.69) is 10.6 Å². The van der Waals surface area contributed by atoms with Crippen LogP contribution in [0.1, 0.15) is 0 Å². The molecule has 4 nitrogen and oxygen atoms in total. The van der Waals surface area contributed by atoms with E-state index in [1.54, 1.807) is 18.9 Å². The molecular weight excluding hydrogens is 284 g/mol. The Kier molecular flexibility index (Phi) is 11.8. The maximum Gasteiger partial charge on any atom is 0.230 e. The van der Waals surface area contributed by atoms with Crippen molar-refractivity contribution in [3.63, 3.8) is 0 Å². The molecule has 0 aromatic heterocycles. The van der Waals surface area contributed by atoms with Gasteiger partial charge >= 0.3 is 0 Å². The van der Waals surface area contributed by atoms with Crippen molar-refractivity contribution in [2.45, 2.75) is 4.90 Å². The minimum absolute atomic E-state index is 0. The molecule has 0 atom stereocenters. The predicted octanol–water partition coefficient (Wildman–Crippen LogP) is 1.55. The summed E-state index contributed by atoms with van der Waals surface area (Å²) in [5.41, 5.74) is 0. The van der Waals surface area contributed by atoms with Gasteiger partial charge in [-0.1, -0.05) is 18.2 Å². The maximum atomic E-state index is 11.5. The summed E-state index contributed by atoms with van der Waals surface area (Å²) in [7, 11) is 1.67. The van der Waals surface area contributed by atoms with Gasteiger partial charge in [-0.2, -0.15) is 0 Å². The van der Waals surface area contributed by atoms with Gasteiger partial charge in [0.05, 0.1) is 12.4 Å². The Morgan fingerprint density at radius 3 is 2.63 bits per heavy atom. The average molecular weight is 305 g/mol. The van der Waals surface area contributed by atoms with Gasteiger partial charge in [-0.15, -0.1) is 24.2 Å². The van der Waals surface area contributed by atoms with Gasteiger partial charge in [-0.25, -0.2) is 0 Å². The monoisotopic (exact) mass is 304 g/mol. The number of amides is 1. The van der Waals surface area contributed by atoms with E-state index in [4.69, 9.17) is 4.74 Å². The van der Waals surface area contributed by atoms with E-state index < -0.39 is 0 Å². The zero-order valence-electron chi connectivity index (χ0n) is 11.1. The first-order valence-corrected chi connectivity index (χ1v) is 6.95. The quantitative estimate of drug-likeness (QED) is 0.537. The first-order valence-electron chi connectivity index (χ1n) is 5.97. The van der Waals surface area contributed by atoms with Crippen molar-refractivity contribution in [3.8, 4) is 0 Å². The largest absolute Gasteiger partial charge is 0.383 e. The highest BCUT2D eigenvalue weighted by Crippen LogP contribution is 2.15. The van der Waals surface area contributed by atoms with Gasteiger partial charge in [0.1, 0.15) is 0 Å². The molecule has 0 heterocycles. The number of benzene rings is 1. The van der Waals surface area contributed by atoms with Crippen LogP contribution < -0.4 is 10.6 Å². The van der Waals surface area contributed by atoms with Crippen molar-refractivity contribution in [3.05, 3.63) is 30.3 Å². The van der Waals surface area contributed by atoms with Gasteiger partial charge in [-0.05, 0) is 12.1 Å². The Hall–Kier alpha value is -0.750. The highest BCUT2D eigenvalue weighted by atomic mass is 35.5. The molecule has 0 aliphatic carbocycles. The fourth-order valence-corrected chi connectivity index (χ4v) is 2.06. The van der Waals surface area contributed by atoms with E-state index in [1.165, 1.54) is 0 Å². The van der Waals surface area contributed by atoms with Gasteiger partial charge < -0.3 is 15.4 Å². The SMILES string of the molecule is COCCNCCNC(=O)CSc1ccccc1.Cl. The molecule has 108 valence electrons. The van der Waals surface area contributed by atoms with Crippen LogP contribution in [0.25, 0.3) is 0 Å². The van der Waals surface area contributed by atoms with Crippen LogP contribution in [-0.2, 0) is 9.53 Å². The lowest BCUT2D eigenvalue weighted by atomic mass is 10.4. The van der Waals surface area contributed by atoms with Crippen LogP contribution in [0.4, 0.5) is 0 Å². The smallest absolute Gasteiger partial charge is 0.230 e. The summed E-state index contributed by atoms with van der Waals surface area (Å²) in [4.78, 5) is 12.6. The van der Waals surface area contributed by atoms with E-state index in [0.717, 1.165) is 18.0 Å². The summed E-state index contributed by atoms with van der Waals surface area (Å²) in [5, 5.41) is 6.04. The molecular formula is C13H21ClN2O2S. The first kappa shape index (κ1) is 18.2. The highest BCUT2D eigenvalue weighted by molar-refractivity contribution is 8.00. The summed E-state index contributed by atoms with van der Waals surface area (Å²) >= 11 is 1.55. The predicted molar refractivity (Wildman–Crippen MR) is 82.2 cm³/mol. The van der Waals surface area contributed by atoms with E-state index in [-0.39, 0.29) is 18.3 Å². The number of methoxy groups -OCH3 is 1. The van der Waals surface area contributed by atoms with E-state index in [9.17, 15) is 4.79 Å². The van der Waals surface area contributed by atoms with Crippen LogP contribution in [0, 0.1) is 0 Å². The standard InChI is InChI=1S/C13H20N2O2S.ClH/c1-17-10-9-14-7-8-15-13(16)11-18-12-5-3-2-4-6-12;/h2-6,14H,7-11H2,1H3,(H,15,16);1H. The molecule has 0 saturated heterocycles. The second-order valence-corrected chi connectivity index (χ2v) is 4.74. The van der Waals surface area contributed by atoms with E-state index >= 15 is 0 Å². The molecule has 0 bridgehead atoms. The van der Waals surface area contributed by atoms with Crippen LogP contribution in [-0.4, -0.2) is 45.0 Å². The molecule has 19 heavy (non-hydrogen) atoms. The average Bonchev–Trinajstić information content (AvgIpc) is 2.41. The number of ether oxygens (including phenoxy) is 1. The van der Waals surface area contributed by atoms with Gasteiger partial charge in [-0.3, -0.25) is 4.79 Å². The molecule has 0 spiro atoms. The molecule has 1 aromatic carbocycles. The third kappa shape index (κ3) is 9.78. The van der Waals surface area contributed by atoms with Gasteiger partial charge in [0.25, 0.3) is 0 Å². The zero-order valence-corrected chi connectivity index (χ0v) is 12.7. The van der Waals surface area contributed by atoms with Crippen LogP contribution in [0.2, 0.25) is 0 Å². The Morgan fingerprint density at radius 1 is 1.21 bits per heavy atom. The number of halogens is 1. The minimum Gasteiger partial charge on any atom is -0.383 e. The molecule has 0 aliphatic heterocycles. The number of thioether (sulfide) groups is 1. The number of carbonyl (C=O) groups excluding carboxylic acids is 1. The third-order valence-corrected chi connectivity index (χ3v) is 3.23. The lowest BCUT2D eigenvalue weighted by Crippen LogP contribution is -2.33. The molecule has 0 fully saturated rings. The molecule has 1 amide bonds. The molecule has 0 radical (unpaired) electrons. The van der Waals surface area contributed by atoms with Crippen molar-refractivity contribution in [2.24, 2.45) is 0 Å². The summed E-state index contributed by atoms with van der Waals surface area (Å²) in [6, 6.07) is 9.92. The molecule has 6 heteroatoms. The number of hydrogen-bond donors (Lipinski definition) is 2. The number of nitrogens with one attached hydrogen (secondary N) is 2. The van der Waals surface area contributed by atoms with Crippen LogP contribution in [0.3, 0.4) is 0 Å². The molecule has 0 saturated carbocycles. The fraction of sp³-hybridized carbons (Fsp3) is 0.462. The van der Waals surface area contributed by atoms with Crippen LogP contribution in [0.15, 0.2) is 35.2 Å². The third-order valence-electron chi connectivity index (χ3n) is 2.22. The maximum absolute atomic E-state index is 11.5. The number of hydrogen-bond acceptors (Lipinski definition) is 4. The lowest BCUT2D eigenvalue weighted by Gasteiger charge is -2.06. The van der Waals surface area contributed by atoms with Gasteiger partial charge in [0.2, 0.25) is 5.91 Å². The van der Waals surface area contributed by atoms with E-state index in [0.29, 0.717) is 18.9 Å². The van der Waals surface area contributed by atoms with Crippen molar-refractivity contribution < 1.29 is 9.53 Å². The molecule has 0 aliphatic rings. The molecule has 1 aromatic rings. The van der Waals surface area contributed by atoms with E-state index in [1.807, 2.05) is 30.3 Å². The highest BCUT2D eigenvalue weighted by Gasteiger charge is 2.01. The van der Waals surface area contributed by atoms with Crippen LogP contribution >= 0.6 is 24.2 Å². The number of carbonyl (C=O) groups is 1. The number of rotatable bonds is 9. The van der Waals surface area contributed by atoms with Crippen LogP contribution in [0.5, 0.6) is 0 Å². The van der Waals surface area contributed by atoms with Crippen molar-refractivity contribution >= 4 is 30.1 Å². The Morgan fingerprint density at radius 2 is 1.95 bits per heavy atom. The van der Waals surface area contributed by atoms with Crippen molar-refractivity contribution in [1.82, 2.24) is 10.6 Å². The Bertz CT molecular complexity index is 339. The molecule has 0 unspecified atom stereocenters. The molecule has 2 N–H and O–H groups in total. The normalized spacial score (nSPS) is 9.74. The summed E-state index contributed by atoms with van der Waals surface area (Å²) in [6.07, 6.45) is 0. The van der Waals surface area contributed by atoms with Gasteiger partial charge in [0, 0.05) is 31.6 Å². The lowest BCUT2D eigenvalue weighted by molar-refractivity contribution is -0.118. The first-order chi connectivity index (χ1) is 8.83.